The lowest BCUT2D eigenvalue weighted by Gasteiger charge is -2.35. The van der Waals surface area contributed by atoms with Crippen LogP contribution in [0.1, 0.15) is 46.8 Å². The van der Waals surface area contributed by atoms with Crippen LogP contribution in [0.3, 0.4) is 0 Å². The van der Waals surface area contributed by atoms with Gasteiger partial charge in [-0.25, -0.2) is 4.79 Å². The van der Waals surface area contributed by atoms with E-state index in [1.807, 2.05) is 24.3 Å². The summed E-state index contributed by atoms with van der Waals surface area (Å²) >= 11 is 12.1. The van der Waals surface area contributed by atoms with Gasteiger partial charge < -0.3 is 14.8 Å². The first-order chi connectivity index (χ1) is 18.4. The number of ketones is 1. The van der Waals surface area contributed by atoms with Crippen LogP contribution in [0.15, 0.2) is 78.4 Å². The Morgan fingerprint density at radius 3 is 2.61 bits per heavy atom. The molecule has 7 heteroatoms. The molecule has 1 aliphatic heterocycles. The summed E-state index contributed by atoms with van der Waals surface area (Å²) < 4.78 is 11.2. The Hall–Kier alpha value is -3.80. The molecule has 0 fully saturated rings. The quantitative estimate of drug-likeness (QED) is 0.208. The van der Waals surface area contributed by atoms with E-state index < -0.39 is 5.97 Å². The maximum absolute atomic E-state index is 13.3. The second-order valence-electron chi connectivity index (χ2n) is 9.38. The number of anilines is 1. The van der Waals surface area contributed by atoms with Gasteiger partial charge in [0.1, 0.15) is 0 Å². The molecule has 0 amide bonds. The lowest BCUT2D eigenvalue weighted by molar-refractivity contribution is -0.116. The first-order valence-electron chi connectivity index (χ1n) is 12.3. The van der Waals surface area contributed by atoms with Crippen molar-refractivity contribution >= 4 is 57.0 Å². The Labute approximate surface area is 230 Å². The Bertz CT molecular complexity index is 1660. The molecule has 4 aromatic rings. The van der Waals surface area contributed by atoms with Crippen LogP contribution in [-0.2, 0) is 4.79 Å². The number of carbonyl (C=O) groups excluding carboxylic acids is 2. The van der Waals surface area contributed by atoms with Crippen molar-refractivity contribution in [3.63, 3.8) is 0 Å². The minimum absolute atomic E-state index is 0.147. The highest BCUT2D eigenvalue weighted by molar-refractivity contribution is 6.36. The van der Waals surface area contributed by atoms with E-state index in [0.29, 0.717) is 17.2 Å². The highest BCUT2D eigenvalue weighted by Gasteiger charge is 2.35. The lowest BCUT2D eigenvalue weighted by atomic mass is 9.77. The number of esters is 1. The molecule has 1 N–H and O–H groups in total. The number of ether oxygens (including phenoxy) is 2. The largest absolute Gasteiger partial charge is 0.493 e. The second kappa shape index (κ2) is 9.82. The van der Waals surface area contributed by atoms with Crippen molar-refractivity contribution < 1.29 is 19.1 Å². The molecule has 0 unspecified atom stereocenters. The first-order valence-corrected chi connectivity index (χ1v) is 13.1. The van der Waals surface area contributed by atoms with Crippen molar-refractivity contribution in [1.29, 1.82) is 0 Å². The molecular weight excluding hydrogens is 521 g/mol. The monoisotopic (exact) mass is 543 g/mol. The third-order valence-electron chi connectivity index (χ3n) is 7.15. The third-order valence-corrected chi connectivity index (χ3v) is 7.70. The summed E-state index contributed by atoms with van der Waals surface area (Å²) in [7, 11) is 1.51. The Balaban J connectivity index is 1.39. The van der Waals surface area contributed by atoms with Gasteiger partial charge in [0, 0.05) is 28.3 Å². The van der Waals surface area contributed by atoms with Gasteiger partial charge >= 0.3 is 5.97 Å². The van der Waals surface area contributed by atoms with Crippen molar-refractivity contribution in [3.8, 4) is 11.5 Å². The maximum atomic E-state index is 13.3. The van der Waals surface area contributed by atoms with Gasteiger partial charge in [-0.1, -0.05) is 59.6 Å². The van der Waals surface area contributed by atoms with Gasteiger partial charge in [-0.15, -0.1) is 0 Å². The first kappa shape index (κ1) is 24.5. The van der Waals surface area contributed by atoms with Gasteiger partial charge in [0.15, 0.2) is 17.3 Å². The van der Waals surface area contributed by atoms with Gasteiger partial charge in [-0.3, -0.25) is 4.79 Å². The van der Waals surface area contributed by atoms with E-state index in [2.05, 4.69) is 29.6 Å². The fourth-order valence-corrected chi connectivity index (χ4v) is 5.90. The SMILES string of the molecule is COc1cc([C@@H]2Nc3ccc4ccccc4c3C3=C2C(=O)CCC3)ccc1OC(=O)c1ccc(Cl)cc1Cl. The number of fused-ring (bicyclic) bond motifs is 4. The lowest BCUT2D eigenvalue weighted by Crippen LogP contribution is -2.27. The normalized spacial score (nSPS) is 16.5. The highest BCUT2D eigenvalue weighted by Crippen LogP contribution is 2.48. The smallest absolute Gasteiger partial charge is 0.345 e. The van der Waals surface area contributed by atoms with Crippen molar-refractivity contribution in [2.45, 2.75) is 25.3 Å². The summed E-state index contributed by atoms with van der Waals surface area (Å²) in [6.45, 7) is 0. The number of carbonyl (C=O) groups is 2. The van der Waals surface area contributed by atoms with Crippen LogP contribution in [-0.4, -0.2) is 18.9 Å². The molecule has 5 nitrogen and oxygen atoms in total. The zero-order valence-corrected chi connectivity index (χ0v) is 22.0. The fraction of sp³-hybridized carbons (Fsp3) is 0.161. The number of benzene rings is 4. The summed E-state index contributed by atoms with van der Waals surface area (Å²) in [6.07, 6.45) is 2.19. The standard InChI is InChI=1S/C31H23Cl2NO4/c1-37-27-15-18(10-14-26(27)38-31(36)21-12-11-19(32)16-23(21)33)30-29-22(7-4-8-25(29)35)28-20-6-3-2-5-17(20)9-13-24(28)34-30/h2-3,5-6,9-16,30,34H,4,7-8H2,1H3/t30-/m0/s1. The van der Waals surface area contributed by atoms with Crippen LogP contribution in [0.5, 0.6) is 11.5 Å². The van der Waals surface area contributed by atoms with Gasteiger partial charge in [-0.05, 0) is 71.1 Å². The molecule has 38 heavy (non-hydrogen) atoms. The fourth-order valence-electron chi connectivity index (χ4n) is 5.41. The number of hydrogen-bond donors (Lipinski definition) is 1. The number of nitrogens with one attached hydrogen (secondary N) is 1. The molecule has 1 aliphatic carbocycles. The molecule has 1 atom stereocenters. The molecule has 0 saturated carbocycles. The topological polar surface area (TPSA) is 64.6 Å². The van der Waals surface area contributed by atoms with Crippen LogP contribution in [0.25, 0.3) is 16.3 Å². The predicted octanol–water partition coefficient (Wildman–Crippen LogP) is 8.05. The van der Waals surface area contributed by atoms with Crippen LogP contribution < -0.4 is 14.8 Å². The average Bonchev–Trinajstić information content (AvgIpc) is 2.92. The number of allylic oxidation sites excluding steroid dienone is 1. The van der Waals surface area contributed by atoms with Crippen molar-refractivity contribution in [3.05, 3.63) is 105 Å². The minimum Gasteiger partial charge on any atom is -0.493 e. The van der Waals surface area contributed by atoms with Crippen molar-refractivity contribution in [2.75, 3.05) is 12.4 Å². The zero-order chi connectivity index (χ0) is 26.4. The molecule has 2 aliphatic rings. The van der Waals surface area contributed by atoms with E-state index in [1.165, 1.54) is 19.2 Å². The average molecular weight is 544 g/mol. The number of Topliss-reactive ketones (excluding diaryl/α,β-unsaturated/α-hetero) is 1. The number of rotatable bonds is 4. The maximum Gasteiger partial charge on any atom is 0.345 e. The highest BCUT2D eigenvalue weighted by atomic mass is 35.5. The van der Waals surface area contributed by atoms with Gasteiger partial charge in [0.05, 0.1) is 23.7 Å². The van der Waals surface area contributed by atoms with E-state index in [0.717, 1.165) is 51.6 Å². The molecule has 6 rings (SSSR count). The molecule has 0 aromatic heterocycles. The van der Waals surface area contributed by atoms with Crippen LogP contribution in [0.2, 0.25) is 10.0 Å². The summed E-state index contributed by atoms with van der Waals surface area (Å²) in [4.78, 5) is 26.1. The molecule has 1 heterocycles. The Kier molecular flexibility index (Phi) is 6.34. The zero-order valence-electron chi connectivity index (χ0n) is 20.5. The minimum atomic E-state index is -0.623. The third kappa shape index (κ3) is 4.22. The molecule has 0 spiro atoms. The van der Waals surface area contributed by atoms with E-state index >= 15 is 0 Å². The van der Waals surface area contributed by atoms with Crippen molar-refractivity contribution in [1.82, 2.24) is 0 Å². The molecule has 0 saturated heterocycles. The number of hydrogen-bond acceptors (Lipinski definition) is 5. The molecule has 0 radical (unpaired) electrons. The second-order valence-corrected chi connectivity index (χ2v) is 10.2. The van der Waals surface area contributed by atoms with E-state index in [-0.39, 0.29) is 28.2 Å². The van der Waals surface area contributed by atoms with Gasteiger partial charge in [-0.2, -0.15) is 0 Å². The Morgan fingerprint density at radius 1 is 0.947 bits per heavy atom. The number of halogens is 2. The summed E-state index contributed by atoms with van der Waals surface area (Å²) in [5, 5.41) is 6.52. The molecule has 4 aromatic carbocycles. The van der Waals surface area contributed by atoms with E-state index in [4.69, 9.17) is 32.7 Å². The van der Waals surface area contributed by atoms with Crippen LogP contribution >= 0.6 is 23.2 Å². The van der Waals surface area contributed by atoms with Gasteiger partial charge in [0.2, 0.25) is 0 Å². The number of methoxy groups -OCH3 is 1. The summed E-state index contributed by atoms with van der Waals surface area (Å²) in [6, 6.07) is 22.0. The summed E-state index contributed by atoms with van der Waals surface area (Å²) in [5.41, 5.74) is 5.03. The van der Waals surface area contributed by atoms with Gasteiger partial charge in [0.25, 0.3) is 0 Å². The van der Waals surface area contributed by atoms with Crippen molar-refractivity contribution in [2.24, 2.45) is 0 Å². The summed E-state index contributed by atoms with van der Waals surface area (Å²) in [5.74, 6) is 0.145. The predicted molar refractivity (Wildman–Crippen MR) is 151 cm³/mol. The van der Waals surface area contributed by atoms with E-state index in [9.17, 15) is 9.59 Å². The van der Waals surface area contributed by atoms with Crippen LogP contribution in [0, 0.1) is 0 Å². The molecular formula is C31H23Cl2NO4. The molecule has 190 valence electrons. The Morgan fingerprint density at radius 2 is 1.79 bits per heavy atom. The van der Waals surface area contributed by atoms with Crippen LogP contribution in [0.4, 0.5) is 5.69 Å². The van der Waals surface area contributed by atoms with E-state index in [1.54, 1.807) is 12.1 Å². The molecule has 0 bridgehead atoms.